The number of rotatable bonds is 8. The van der Waals surface area contributed by atoms with E-state index in [2.05, 4.69) is 5.32 Å². The molecular weight excluding hydrogens is 448 g/mol. The molecule has 3 rings (SSSR count). The minimum atomic E-state index is -3.77. The van der Waals surface area contributed by atoms with Crippen molar-refractivity contribution >= 4 is 33.0 Å². The normalized spacial score (nSPS) is 14.6. The molecule has 178 valence electrons. The van der Waals surface area contributed by atoms with E-state index in [-0.39, 0.29) is 34.8 Å². The van der Waals surface area contributed by atoms with Gasteiger partial charge in [0.15, 0.2) is 0 Å². The summed E-state index contributed by atoms with van der Waals surface area (Å²) < 4.78 is 32.9. The highest BCUT2D eigenvalue weighted by Gasteiger charge is 2.28. The molecule has 1 aliphatic heterocycles. The number of carbonyl (C=O) groups is 1. The Morgan fingerprint density at radius 3 is 2.45 bits per heavy atom. The van der Waals surface area contributed by atoms with Crippen molar-refractivity contribution in [3.63, 3.8) is 0 Å². The Labute approximate surface area is 193 Å². The number of morpholine rings is 1. The van der Waals surface area contributed by atoms with Crippen molar-refractivity contribution in [1.82, 2.24) is 4.31 Å². The smallest absolute Gasteiger partial charge is 0.273 e. The number of nitro benzene ring substituents is 1. The van der Waals surface area contributed by atoms with Gasteiger partial charge >= 0.3 is 0 Å². The molecule has 1 aliphatic rings. The van der Waals surface area contributed by atoms with Crippen LogP contribution in [0.25, 0.3) is 0 Å². The summed E-state index contributed by atoms with van der Waals surface area (Å²) in [6.07, 6.45) is 0. The molecule has 1 heterocycles. The molecule has 0 spiro atoms. The van der Waals surface area contributed by atoms with Crippen LogP contribution in [-0.2, 0) is 14.8 Å². The van der Waals surface area contributed by atoms with Gasteiger partial charge in [0.25, 0.3) is 11.6 Å². The van der Waals surface area contributed by atoms with Crippen LogP contribution >= 0.6 is 0 Å². The van der Waals surface area contributed by atoms with Gasteiger partial charge in [-0.25, -0.2) is 8.42 Å². The van der Waals surface area contributed by atoms with Crippen molar-refractivity contribution in [2.75, 3.05) is 49.6 Å². The van der Waals surface area contributed by atoms with Gasteiger partial charge in [-0.3, -0.25) is 14.9 Å². The Kier molecular flexibility index (Phi) is 7.67. The molecule has 0 unspecified atom stereocenters. The van der Waals surface area contributed by atoms with E-state index in [0.717, 1.165) is 0 Å². The van der Waals surface area contributed by atoms with E-state index in [9.17, 15) is 23.3 Å². The van der Waals surface area contributed by atoms with Gasteiger partial charge in [0.2, 0.25) is 10.0 Å². The number of benzene rings is 2. The van der Waals surface area contributed by atoms with Crippen LogP contribution in [0.4, 0.5) is 17.1 Å². The molecule has 0 saturated carbocycles. The number of amides is 1. The van der Waals surface area contributed by atoms with Crippen LogP contribution in [0.3, 0.4) is 0 Å². The van der Waals surface area contributed by atoms with Crippen LogP contribution in [0.1, 0.15) is 29.8 Å². The Bertz CT molecular complexity index is 1140. The number of nitrogens with one attached hydrogen (secondary N) is 1. The van der Waals surface area contributed by atoms with E-state index in [1.807, 2.05) is 18.7 Å². The van der Waals surface area contributed by atoms with Crippen LogP contribution in [0.5, 0.6) is 0 Å². The topological polar surface area (TPSA) is 122 Å². The first-order chi connectivity index (χ1) is 15.7. The molecule has 33 heavy (non-hydrogen) atoms. The zero-order valence-electron chi connectivity index (χ0n) is 18.9. The third-order valence-corrected chi connectivity index (χ3v) is 7.57. The molecule has 2 aromatic carbocycles. The van der Waals surface area contributed by atoms with E-state index in [1.165, 1.54) is 41.6 Å². The molecule has 10 nitrogen and oxygen atoms in total. The highest BCUT2D eigenvalue weighted by Crippen LogP contribution is 2.31. The molecule has 2 aromatic rings. The Morgan fingerprint density at radius 2 is 1.85 bits per heavy atom. The van der Waals surface area contributed by atoms with Crippen molar-refractivity contribution in [3.8, 4) is 0 Å². The summed E-state index contributed by atoms with van der Waals surface area (Å²) in [5.41, 5.74) is 1.22. The van der Waals surface area contributed by atoms with Gasteiger partial charge in [-0.1, -0.05) is 6.07 Å². The van der Waals surface area contributed by atoms with Gasteiger partial charge in [0.05, 0.1) is 34.4 Å². The molecule has 11 heteroatoms. The van der Waals surface area contributed by atoms with Crippen LogP contribution in [0.2, 0.25) is 0 Å². The number of nitrogens with zero attached hydrogens (tertiary/aromatic N) is 3. The lowest BCUT2D eigenvalue weighted by atomic mass is 10.1. The fourth-order valence-corrected chi connectivity index (χ4v) is 5.24. The minimum absolute atomic E-state index is 0.0615. The molecular formula is C22H28N4O6S. The third kappa shape index (κ3) is 5.15. The Morgan fingerprint density at radius 1 is 1.18 bits per heavy atom. The van der Waals surface area contributed by atoms with Crippen molar-refractivity contribution in [2.45, 2.75) is 25.7 Å². The molecule has 1 N–H and O–H groups in total. The van der Waals surface area contributed by atoms with Gasteiger partial charge in [-0.05, 0) is 45.0 Å². The molecule has 0 aromatic heterocycles. The molecule has 0 bridgehead atoms. The lowest BCUT2D eigenvalue weighted by molar-refractivity contribution is -0.385. The van der Waals surface area contributed by atoms with Crippen LogP contribution in [-0.4, -0.2) is 62.9 Å². The van der Waals surface area contributed by atoms with Crippen LogP contribution < -0.4 is 10.2 Å². The van der Waals surface area contributed by atoms with Gasteiger partial charge in [0.1, 0.15) is 0 Å². The Hall–Kier alpha value is -3.02. The SMILES string of the molecule is CCN(CC)c1ccc(S(=O)(=O)N2CCOCC2)cc1NC(=O)c1cccc([N+](=O)[O-])c1C. The van der Waals surface area contributed by atoms with Crippen molar-refractivity contribution in [2.24, 2.45) is 0 Å². The number of sulfonamides is 1. The van der Waals surface area contributed by atoms with Gasteiger partial charge in [0, 0.05) is 43.4 Å². The Balaban J connectivity index is 2.03. The summed E-state index contributed by atoms with van der Waals surface area (Å²) in [6.45, 7) is 7.88. The minimum Gasteiger partial charge on any atom is -0.379 e. The molecule has 1 fully saturated rings. The second-order valence-corrected chi connectivity index (χ2v) is 9.47. The predicted octanol–water partition coefficient (Wildman–Crippen LogP) is 3.02. The predicted molar refractivity (Wildman–Crippen MR) is 125 cm³/mol. The highest BCUT2D eigenvalue weighted by molar-refractivity contribution is 7.89. The van der Waals surface area contributed by atoms with E-state index >= 15 is 0 Å². The van der Waals surface area contributed by atoms with Crippen LogP contribution in [0.15, 0.2) is 41.3 Å². The maximum Gasteiger partial charge on any atom is 0.273 e. The standard InChI is InChI=1S/C22H28N4O6S/c1-4-24(5-2)21-10-9-17(33(30,31)25-11-13-32-14-12-25)15-19(21)23-22(27)18-7-6-8-20(16(18)3)26(28)29/h6-10,15H,4-5,11-14H2,1-3H3,(H,23,27). The van der Waals surface area contributed by atoms with Crippen molar-refractivity contribution in [1.29, 1.82) is 0 Å². The summed E-state index contributed by atoms with van der Waals surface area (Å²) in [4.78, 5) is 25.9. The number of nitro groups is 1. The zero-order valence-corrected chi connectivity index (χ0v) is 19.7. The van der Waals surface area contributed by atoms with E-state index in [4.69, 9.17) is 4.74 Å². The first kappa shape index (κ1) is 24.6. The highest BCUT2D eigenvalue weighted by atomic mass is 32.2. The average molecular weight is 477 g/mol. The fourth-order valence-electron chi connectivity index (χ4n) is 3.81. The van der Waals surface area contributed by atoms with Crippen molar-refractivity contribution in [3.05, 3.63) is 57.6 Å². The summed E-state index contributed by atoms with van der Waals surface area (Å²) in [5, 5.41) is 14.1. The fraction of sp³-hybridized carbons (Fsp3) is 0.409. The lowest BCUT2D eigenvalue weighted by Gasteiger charge is -2.28. The average Bonchev–Trinajstić information content (AvgIpc) is 2.81. The number of ether oxygens (including phenoxy) is 1. The maximum absolute atomic E-state index is 13.2. The largest absolute Gasteiger partial charge is 0.379 e. The number of anilines is 2. The van der Waals surface area contributed by atoms with Gasteiger partial charge in [-0.2, -0.15) is 4.31 Å². The number of hydrogen-bond donors (Lipinski definition) is 1. The van der Waals surface area contributed by atoms with E-state index < -0.39 is 20.9 Å². The number of hydrogen-bond acceptors (Lipinski definition) is 7. The van der Waals surface area contributed by atoms with Gasteiger partial charge in [-0.15, -0.1) is 0 Å². The molecule has 0 aliphatic carbocycles. The monoisotopic (exact) mass is 476 g/mol. The number of carbonyl (C=O) groups excluding carboxylic acids is 1. The first-order valence-corrected chi connectivity index (χ1v) is 12.2. The molecule has 1 amide bonds. The lowest BCUT2D eigenvalue weighted by Crippen LogP contribution is -2.40. The second-order valence-electron chi connectivity index (χ2n) is 7.53. The zero-order chi connectivity index (χ0) is 24.2. The second kappa shape index (κ2) is 10.3. The quantitative estimate of drug-likeness (QED) is 0.459. The molecule has 1 saturated heterocycles. The third-order valence-electron chi connectivity index (χ3n) is 5.67. The van der Waals surface area contributed by atoms with E-state index in [1.54, 1.807) is 6.07 Å². The summed E-state index contributed by atoms with van der Waals surface area (Å²) in [5.74, 6) is -0.550. The summed E-state index contributed by atoms with van der Waals surface area (Å²) in [6, 6.07) is 8.95. The van der Waals surface area contributed by atoms with Gasteiger partial charge < -0.3 is 15.0 Å². The summed E-state index contributed by atoms with van der Waals surface area (Å²) in [7, 11) is -3.77. The van der Waals surface area contributed by atoms with Crippen molar-refractivity contribution < 1.29 is 22.9 Å². The maximum atomic E-state index is 13.2. The van der Waals surface area contributed by atoms with E-state index in [0.29, 0.717) is 37.7 Å². The summed E-state index contributed by atoms with van der Waals surface area (Å²) >= 11 is 0. The first-order valence-electron chi connectivity index (χ1n) is 10.7. The van der Waals surface area contributed by atoms with Crippen LogP contribution in [0, 0.1) is 17.0 Å². The molecule has 0 atom stereocenters. The molecule has 0 radical (unpaired) electrons.